The van der Waals surface area contributed by atoms with E-state index in [0.29, 0.717) is 12.1 Å². The van der Waals surface area contributed by atoms with E-state index < -0.39 is 5.91 Å². The summed E-state index contributed by atoms with van der Waals surface area (Å²) in [5.74, 6) is -0.520. The van der Waals surface area contributed by atoms with Crippen molar-refractivity contribution in [3.8, 4) is 0 Å². The molecule has 1 atom stereocenters. The van der Waals surface area contributed by atoms with Crippen LogP contribution in [0.5, 0.6) is 0 Å². The van der Waals surface area contributed by atoms with Crippen molar-refractivity contribution in [3.63, 3.8) is 0 Å². The number of carbonyl (C=O) groups excluding carboxylic acids is 2. The largest absolute Gasteiger partial charge is 0.322 e. The van der Waals surface area contributed by atoms with Gasteiger partial charge in [0.05, 0.1) is 0 Å². The maximum Gasteiger partial charge on any atom is 0.322 e. The summed E-state index contributed by atoms with van der Waals surface area (Å²) in [4.78, 5) is 28.2. The molecular formula is C21H26N4O3. The lowest BCUT2D eigenvalue weighted by atomic mass is 10.1. The second-order valence-corrected chi connectivity index (χ2v) is 7.16. The first kappa shape index (κ1) is 19.9. The van der Waals surface area contributed by atoms with Gasteiger partial charge in [-0.05, 0) is 43.2 Å². The Morgan fingerprint density at radius 1 is 1.11 bits per heavy atom. The molecule has 0 aliphatic carbocycles. The van der Waals surface area contributed by atoms with Crippen molar-refractivity contribution >= 4 is 17.6 Å². The third kappa shape index (κ3) is 4.68. The molecule has 0 radical (unpaired) electrons. The maximum absolute atomic E-state index is 12.7. The van der Waals surface area contributed by atoms with Gasteiger partial charge in [0.2, 0.25) is 0 Å². The van der Waals surface area contributed by atoms with Crippen molar-refractivity contribution in [1.82, 2.24) is 15.3 Å². The predicted molar refractivity (Wildman–Crippen MR) is 107 cm³/mol. The van der Waals surface area contributed by atoms with E-state index in [1.165, 1.54) is 0 Å². The van der Waals surface area contributed by atoms with Gasteiger partial charge in [-0.1, -0.05) is 30.3 Å². The van der Waals surface area contributed by atoms with Gasteiger partial charge in [0.1, 0.15) is 0 Å². The standard InChI is InChI=1S/C21H26N4O3/c1-15-5-3-4-6-19(15)22-21(27)25-12-11-24(13-16(25)2)14-17-7-9-18(10-8-17)20(26)23-28/h3-10,16,28H,11-14H2,1-2H3,(H,22,27)(H,23,26)/t16-/m0/s1. The Labute approximate surface area is 164 Å². The quantitative estimate of drug-likeness (QED) is 0.561. The summed E-state index contributed by atoms with van der Waals surface area (Å²) in [7, 11) is 0. The number of urea groups is 1. The van der Waals surface area contributed by atoms with Crippen LogP contribution in [0.3, 0.4) is 0 Å². The first-order chi connectivity index (χ1) is 13.5. The molecule has 0 spiro atoms. The van der Waals surface area contributed by atoms with E-state index in [9.17, 15) is 9.59 Å². The number of nitrogens with one attached hydrogen (secondary N) is 2. The van der Waals surface area contributed by atoms with Crippen molar-refractivity contribution in [2.75, 3.05) is 25.0 Å². The smallest absolute Gasteiger partial charge is 0.319 e. The maximum atomic E-state index is 12.7. The SMILES string of the molecule is Cc1ccccc1NC(=O)N1CCN(Cc2ccc(C(=O)NO)cc2)C[C@@H]1C. The fourth-order valence-corrected chi connectivity index (χ4v) is 3.46. The summed E-state index contributed by atoms with van der Waals surface area (Å²) in [6.45, 7) is 7.00. The molecule has 1 aliphatic rings. The minimum Gasteiger partial charge on any atom is -0.319 e. The molecule has 2 aromatic carbocycles. The van der Waals surface area contributed by atoms with Crippen LogP contribution in [-0.2, 0) is 6.54 Å². The Hall–Kier alpha value is -2.90. The van der Waals surface area contributed by atoms with E-state index >= 15 is 0 Å². The number of anilines is 1. The van der Waals surface area contributed by atoms with E-state index in [-0.39, 0.29) is 12.1 Å². The first-order valence-corrected chi connectivity index (χ1v) is 9.37. The highest BCUT2D eigenvalue weighted by Crippen LogP contribution is 2.18. The molecule has 148 valence electrons. The molecule has 2 aromatic rings. The molecule has 0 unspecified atom stereocenters. The van der Waals surface area contributed by atoms with Gasteiger partial charge in [0.15, 0.2) is 0 Å². The Bertz CT molecular complexity index is 838. The molecule has 1 aliphatic heterocycles. The highest BCUT2D eigenvalue weighted by Gasteiger charge is 2.27. The molecule has 3 rings (SSSR count). The van der Waals surface area contributed by atoms with Crippen molar-refractivity contribution in [2.45, 2.75) is 26.4 Å². The number of aryl methyl sites for hydroxylation is 1. The zero-order valence-electron chi connectivity index (χ0n) is 16.2. The summed E-state index contributed by atoms with van der Waals surface area (Å²) >= 11 is 0. The van der Waals surface area contributed by atoms with E-state index in [4.69, 9.17) is 5.21 Å². The summed E-state index contributed by atoms with van der Waals surface area (Å²) in [5, 5.41) is 11.7. The number of hydrogen-bond donors (Lipinski definition) is 3. The van der Waals surface area contributed by atoms with E-state index in [2.05, 4.69) is 17.1 Å². The molecule has 7 heteroatoms. The van der Waals surface area contributed by atoms with Gasteiger partial charge in [-0.15, -0.1) is 0 Å². The van der Waals surface area contributed by atoms with Crippen LogP contribution in [0.25, 0.3) is 0 Å². The van der Waals surface area contributed by atoms with Gasteiger partial charge in [0, 0.05) is 43.5 Å². The second-order valence-electron chi connectivity index (χ2n) is 7.16. The monoisotopic (exact) mass is 382 g/mol. The molecule has 0 saturated carbocycles. The van der Waals surface area contributed by atoms with Crippen LogP contribution in [0.2, 0.25) is 0 Å². The van der Waals surface area contributed by atoms with Crippen LogP contribution in [-0.4, -0.2) is 52.6 Å². The number of benzene rings is 2. The Kier molecular flexibility index (Phi) is 6.28. The second kappa shape index (κ2) is 8.86. The Balaban J connectivity index is 1.55. The average Bonchev–Trinajstić information content (AvgIpc) is 2.69. The molecule has 1 heterocycles. The van der Waals surface area contributed by atoms with Crippen molar-refractivity contribution in [2.24, 2.45) is 0 Å². The van der Waals surface area contributed by atoms with Crippen LogP contribution in [0.1, 0.15) is 28.4 Å². The number of hydrogen-bond acceptors (Lipinski definition) is 4. The summed E-state index contributed by atoms with van der Waals surface area (Å²) in [6.07, 6.45) is 0. The summed E-state index contributed by atoms with van der Waals surface area (Å²) < 4.78 is 0. The number of rotatable bonds is 4. The first-order valence-electron chi connectivity index (χ1n) is 9.37. The molecule has 1 fully saturated rings. The number of amides is 3. The Morgan fingerprint density at radius 2 is 1.82 bits per heavy atom. The van der Waals surface area contributed by atoms with Gasteiger partial charge in [-0.3, -0.25) is 14.9 Å². The Morgan fingerprint density at radius 3 is 2.46 bits per heavy atom. The highest BCUT2D eigenvalue weighted by atomic mass is 16.5. The summed E-state index contributed by atoms with van der Waals surface area (Å²) in [5.41, 5.74) is 5.01. The molecule has 1 saturated heterocycles. The predicted octanol–water partition coefficient (Wildman–Crippen LogP) is 2.85. The van der Waals surface area contributed by atoms with Crippen LogP contribution in [0, 0.1) is 6.92 Å². The number of para-hydroxylation sites is 1. The van der Waals surface area contributed by atoms with Gasteiger partial charge in [0.25, 0.3) is 5.91 Å². The molecule has 0 aromatic heterocycles. The fourth-order valence-electron chi connectivity index (χ4n) is 3.46. The molecule has 3 N–H and O–H groups in total. The third-order valence-corrected chi connectivity index (χ3v) is 5.08. The zero-order chi connectivity index (χ0) is 20.1. The molecular weight excluding hydrogens is 356 g/mol. The lowest BCUT2D eigenvalue weighted by molar-refractivity contribution is 0.0706. The van der Waals surface area contributed by atoms with Crippen molar-refractivity contribution in [1.29, 1.82) is 0 Å². The zero-order valence-corrected chi connectivity index (χ0v) is 16.2. The third-order valence-electron chi connectivity index (χ3n) is 5.08. The molecule has 28 heavy (non-hydrogen) atoms. The van der Waals surface area contributed by atoms with Crippen LogP contribution in [0.15, 0.2) is 48.5 Å². The number of hydroxylamine groups is 1. The van der Waals surface area contributed by atoms with E-state index in [0.717, 1.165) is 36.4 Å². The van der Waals surface area contributed by atoms with Crippen LogP contribution in [0.4, 0.5) is 10.5 Å². The van der Waals surface area contributed by atoms with Gasteiger partial charge < -0.3 is 10.2 Å². The van der Waals surface area contributed by atoms with Gasteiger partial charge in [-0.25, -0.2) is 10.3 Å². The normalized spacial score (nSPS) is 17.2. The summed E-state index contributed by atoms with van der Waals surface area (Å²) in [6, 6.07) is 14.9. The number of carbonyl (C=O) groups is 2. The fraction of sp³-hybridized carbons (Fsp3) is 0.333. The molecule has 0 bridgehead atoms. The lowest BCUT2D eigenvalue weighted by Crippen LogP contribution is -2.54. The highest BCUT2D eigenvalue weighted by molar-refractivity contribution is 5.93. The number of nitrogens with zero attached hydrogens (tertiary/aromatic N) is 2. The molecule has 7 nitrogen and oxygen atoms in total. The topological polar surface area (TPSA) is 84.9 Å². The minimum atomic E-state index is -0.520. The van der Waals surface area contributed by atoms with Crippen molar-refractivity contribution in [3.05, 3.63) is 65.2 Å². The van der Waals surface area contributed by atoms with Crippen LogP contribution >= 0.6 is 0 Å². The average molecular weight is 382 g/mol. The van der Waals surface area contributed by atoms with Crippen LogP contribution < -0.4 is 10.8 Å². The van der Waals surface area contributed by atoms with Gasteiger partial charge >= 0.3 is 6.03 Å². The van der Waals surface area contributed by atoms with E-state index in [1.54, 1.807) is 17.6 Å². The van der Waals surface area contributed by atoms with E-state index in [1.807, 2.05) is 48.2 Å². The molecule has 3 amide bonds. The van der Waals surface area contributed by atoms with Gasteiger partial charge in [-0.2, -0.15) is 0 Å². The van der Waals surface area contributed by atoms with Crippen molar-refractivity contribution < 1.29 is 14.8 Å². The lowest BCUT2D eigenvalue weighted by Gasteiger charge is -2.39. The minimum absolute atomic E-state index is 0.0687. The number of piperazine rings is 1.